The molecule has 0 aromatic carbocycles. The van der Waals surface area contributed by atoms with Crippen LogP contribution >= 0.6 is 11.3 Å². The lowest BCUT2D eigenvalue weighted by Gasteiger charge is -2.05. The van der Waals surface area contributed by atoms with Gasteiger partial charge in [-0.2, -0.15) is 0 Å². The largest absolute Gasteiger partial charge is 0.351 e. The highest BCUT2D eigenvalue weighted by molar-refractivity contribution is 7.14. The number of hydrogen-bond acceptors (Lipinski definition) is 2. The van der Waals surface area contributed by atoms with Crippen molar-refractivity contribution in [3.05, 3.63) is 21.4 Å². The first kappa shape index (κ1) is 12.2. The number of carbonyl (C=O) groups excluding carboxylic acids is 1. The zero-order valence-electron chi connectivity index (χ0n) is 9.89. The van der Waals surface area contributed by atoms with E-state index < -0.39 is 0 Å². The van der Waals surface area contributed by atoms with E-state index in [0.717, 1.165) is 17.8 Å². The zero-order valence-corrected chi connectivity index (χ0v) is 10.7. The van der Waals surface area contributed by atoms with Gasteiger partial charge in [0.1, 0.15) is 0 Å². The van der Waals surface area contributed by atoms with Gasteiger partial charge in [0.2, 0.25) is 0 Å². The van der Waals surface area contributed by atoms with Crippen LogP contribution in [0.1, 0.15) is 40.4 Å². The van der Waals surface area contributed by atoms with Crippen molar-refractivity contribution in [2.75, 3.05) is 6.54 Å². The molecule has 1 heterocycles. The molecule has 0 aliphatic carbocycles. The van der Waals surface area contributed by atoms with Crippen LogP contribution in [0, 0.1) is 19.8 Å². The van der Waals surface area contributed by atoms with Crippen molar-refractivity contribution in [1.82, 2.24) is 5.32 Å². The maximum absolute atomic E-state index is 11.7. The molecule has 1 aromatic heterocycles. The number of thiophene rings is 1. The molecule has 1 rings (SSSR count). The number of rotatable bonds is 4. The summed E-state index contributed by atoms with van der Waals surface area (Å²) in [6.07, 6.45) is 1.04. The van der Waals surface area contributed by atoms with Crippen molar-refractivity contribution in [3.63, 3.8) is 0 Å². The van der Waals surface area contributed by atoms with Gasteiger partial charge in [-0.1, -0.05) is 13.8 Å². The summed E-state index contributed by atoms with van der Waals surface area (Å²) in [7, 11) is 0. The second-order valence-corrected chi connectivity index (χ2v) is 5.54. The third-order valence-corrected chi connectivity index (χ3v) is 3.55. The Morgan fingerprint density at radius 1 is 1.47 bits per heavy atom. The van der Waals surface area contributed by atoms with Crippen molar-refractivity contribution in [1.29, 1.82) is 0 Å². The molecule has 0 atom stereocenters. The third kappa shape index (κ3) is 3.67. The van der Waals surface area contributed by atoms with Crippen LogP contribution in [0.4, 0.5) is 0 Å². The fraction of sp³-hybridized carbons (Fsp3) is 0.583. The van der Waals surface area contributed by atoms with Gasteiger partial charge in [0, 0.05) is 11.4 Å². The molecule has 0 bridgehead atoms. The normalized spacial score (nSPS) is 10.7. The Kier molecular flexibility index (Phi) is 4.33. The average Bonchev–Trinajstić information content (AvgIpc) is 2.46. The predicted molar refractivity (Wildman–Crippen MR) is 65.6 cm³/mol. The quantitative estimate of drug-likeness (QED) is 0.838. The van der Waals surface area contributed by atoms with E-state index in [4.69, 9.17) is 0 Å². The third-order valence-electron chi connectivity index (χ3n) is 2.40. The van der Waals surface area contributed by atoms with E-state index in [9.17, 15) is 4.79 Å². The zero-order chi connectivity index (χ0) is 11.4. The molecule has 0 spiro atoms. The van der Waals surface area contributed by atoms with Crippen LogP contribution < -0.4 is 5.32 Å². The summed E-state index contributed by atoms with van der Waals surface area (Å²) < 4.78 is 0. The first-order valence-corrected chi connectivity index (χ1v) is 6.17. The Morgan fingerprint density at radius 3 is 2.60 bits per heavy atom. The summed E-state index contributed by atoms with van der Waals surface area (Å²) in [6, 6.07) is 1.96. The van der Waals surface area contributed by atoms with E-state index in [1.807, 2.05) is 19.9 Å². The van der Waals surface area contributed by atoms with Crippen LogP contribution in [0.25, 0.3) is 0 Å². The van der Waals surface area contributed by atoms with Crippen LogP contribution in [-0.2, 0) is 0 Å². The summed E-state index contributed by atoms with van der Waals surface area (Å²) in [4.78, 5) is 13.7. The predicted octanol–water partition coefficient (Wildman–Crippen LogP) is 3.14. The van der Waals surface area contributed by atoms with Crippen LogP contribution in [-0.4, -0.2) is 12.5 Å². The van der Waals surface area contributed by atoms with Crippen LogP contribution in [0.5, 0.6) is 0 Å². The highest BCUT2D eigenvalue weighted by Crippen LogP contribution is 2.20. The maximum Gasteiger partial charge on any atom is 0.261 e. The molecule has 0 aliphatic rings. The van der Waals surface area contributed by atoms with Gasteiger partial charge in [-0.3, -0.25) is 4.79 Å². The summed E-state index contributed by atoms with van der Waals surface area (Å²) in [5.41, 5.74) is 1.20. The summed E-state index contributed by atoms with van der Waals surface area (Å²) >= 11 is 1.57. The van der Waals surface area contributed by atoms with Gasteiger partial charge < -0.3 is 5.32 Å². The number of amides is 1. The SMILES string of the molecule is Cc1cc(C(=O)NCCC(C)C)sc1C. The number of hydrogen-bond donors (Lipinski definition) is 1. The first-order chi connectivity index (χ1) is 7.00. The molecule has 0 aliphatic heterocycles. The highest BCUT2D eigenvalue weighted by Gasteiger charge is 2.09. The molecule has 15 heavy (non-hydrogen) atoms. The van der Waals surface area contributed by atoms with E-state index in [-0.39, 0.29) is 5.91 Å². The lowest BCUT2D eigenvalue weighted by Crippen LogP contribution is -2.24. The lowest BCUT2D eigenvalue weighted by molar-refractivity contribution is 0.0956. The van der Waals surface area contributed by atoms with Gasteiger partial charge in [0.25, 0.3) is 5.91 Å². The van der Waals surface area contributed by atoms with Gasteiger partial charge in [-0.15, -0.1) is 11.3 Å². The Labute approximate surface area is 95.7 Å². The fourth-order valence-electron chi connectivity index (χ4n) is 1.25. The maximum atomic E-state index is 11.7. The van der Waals surface area contributed by atoms with Crippen molar-refractivity contribution < 1.29 is 4.79 Å². The summed E-state index contributed by atoms with van der Waals surface area (Å²) in [6.45, 7) is 9.17. The molecule has 0 fully saturated rings. The fourth-order valence-corrected chi connectivity index (χ4v) is 2.20. The number of aryl methyl sites for hydroxylation is 2. The average molecular weight is 225 g/mol. The second-order valence-electron chi connectivity index (χ2n) is 4.29. The smallest absolute Gasteiger partial charge is 0.261 e. The van der Waals surface area contributed by atoms with E-state index in [0.29, 0.717) is 5.92 Å². The second kappa shape index (κ2) is 5.31. The van der Waals surface area contributed by atoms with Crippen LogP contribution in [0.3, 0.4) is 0 Å². The minimum absolute atomic E-state index is 0.0665. The number of nitrogens with one attached hydrogen (secondary N) is 1. The van der Waals surface area contributed by atoms with Crippen LogP contribution in [0.15, 0.2) is 6.07 Å². The van der Waals surface area contributed by atoms with E-state index in [1.165, 1.54) is 10.4 Å². The first-order valence-electron chi connectivity index (χ1n) is 5.36. The standard InChI is InChI=1S/C12H19NOS/c1-8(2)5-6-13-12(14)11-7-9(3)10(4)15-11/h7-8H,5-6H2,1-4H3,(H,13,14). The monoisotopic (exact) mass is 225 g/mol. The van der Waals surface area contributed by atoms with Crippen molar-refractivity contribution in [2.24, 2.45) is 5.92 Å². The molecule has 0 unspecified atom stereocenters. The lowest BCUT2D eigenvalue weighted by atomic mass is 10.1. The Balaban J connectivity index is 2.47. The summed E-state index contributed by atoms with van der Waals surface area (Å²) in [5.74, 6) is 0.703. The minimum Gasteiger partial charge on any atom is -0.351 e. The molecular weight excluding hydrogens is 206 g/mol. The minimum atomic E-state index is 0.0665. The molecule has 0 radical (unpaired) electrons. The van der Waals surface area contributed by atoms with Gasteiger partial charge in [0.15, 0.2) is 0 Å². The Bertz CT molecular complexity index is 322. The molecule has 1 amide bonds. The highest BCUT2D eigenvalue weighted by atomic mass is 32.1. The molecule has 1 N–H and O–H groups in total. The van der Waals surface area contributed by atoms with Crippen molar-refractivity contribution in [2.45, 2.75) is 34.1 Å². The Morgan fingerprint density at radius 2 is 2.13 bits per heavy atom. The van der Waals surface area contributed by atoms with E-state index in [2.05, 4.69) is 19.2 Å². The van der Waals surface area contributed by atoms with Crippen molar-refractivity contribution >= 4 is 17.2 Å². The topological polar surface area (TPSA) is 29.1 Å². The van der Waals surface area contributed by atoms with Crippen LogP contribution in [0.2, 0.25) is 0 Å². The molecular formula is C12H19NOS. The van der Waals surface area contributed by atoms with Gasteiger partial charge in [-0.25, -0.2) is 0 Å². The molecule has 0 saturated carbocycles. The van der Waals surface area contributed by atoms with Gasteiger partial charge in [0.05, 0.1) is 4.88 Å². The summed E-state index contributed by atoms with van der Waals surface area (Å²) in [5, 5.41) is 2.94. The molecule has 3 heteroatoms. The van der Waals surface area contributed by atoms with E-state index >= 15 is 0 Å². The molecule has 2 nitrogen and oxygen atoms in total. The number of carbonyl (C=O) groups is 1. The molecule has 84 valence electrons. The molecule has 1 aromatic rings. The van der Waals surface area contributed by atoms with Gasteiger partial charge >= 0.3 is 0 Å². The Hall–Kier alpha value is -0.830. The van der Waals surface area contributed by atoms with Gasteiger partial charge in [-0.05, 0) is 37.8 Å². The van der Waals surface area contributed by atoms with Crippen molar-refractivity contribution in [3.8, 4) is 0 Å². The van der Waals surface area contributed by atoms with E-state index in [1.54, 1.807) is 11.3 Å². The molecule has 0 saturated heterocycles.